The molecule has 7 nitrogen and oxygen atoms in total. The quantitative estimate of drug-likeness (QED) is 0.471. The molecule has 9 heteroatoms. The molecule has 0 N–H and O–H groups in total. The average Bonchev–Trinajstić information content (AvgIpc) is 3.39. The van der Waals surface area contributed by atoms with Gasteiger partial charge in [0, 0.05) is 17.5 Å². The molecule has 1 aromatic carbocycles. The Morgan fingerprint density at radius 2 is 1.69 bits per heavy atom. The zero-order valence-electron chi connectivity index (χ0n) is 17.5. The van der Waals surface area contributed by atoms with E-state index < -0.39 is 30.3 Å². The highest BCUT2D eigenvalue weighted by Crippen LogP contribution is 2.25. The smallest absolute Gasteiger partial charge is 0.334 e. The third-order valence-corrected chi connectivity index (χ3v) is 6.79. The van der Waals surface area contributed by atoms with Crippen molar-refractivity contribution in [3.05, 3.63) is 58.0 Å². The third-order valence-electron chi connectivity index (χ3n) is 5.92. The van der Waals surface area contributed by atoms with E-state index in [-0.39, 0.29) is 24.9 Å². The Balaban J connectivity index is 1.50. The second kappa shape index (κ2) is 9.60. The van der Waals surface area contributed by atoms with Gasteiger partial charge in [-0.25, -0.2) is 14.1 Å². The lowest BCUT2D eigenvalue weighted by Crippen LogP contribution is -2.47. The number of carbonyl (C=O) groups is 4. The van der Waals surface area contributed by atoms with Crippen molar-refractivity contribution in [1.29, 1.82) is 0 Å². The van der Waals surface area contributed by atoms with Gasteiger partial charge >= 0.3 is 17.8 Å². The van der Waals surface area contributed by atoms with E-state index in [0.29, 0.717) is 0 Å². The molecule has 2 aromatic rings. The van der Waals surface area contributed by atoms with Crippen molar-refractivity contribution >= 4 is 35.1 Å². The lowest BCUT2D eigenvalue weighted by Gasteiger charge is -2.35. The molecule has 1 saturated heterocycles. The summed E-state index contributed by atoms with van der Waals surface area (Å²) in [6, 6.07) is 8.71. The van der Waals surface area contributed by atoms with E-state index in [0.717, 1.165) is 52.3 Å². The van der Waals surface area contributed by atoms with E-state index >= 15 is 0 Å². The van der Waals surface area contributed by atoms with Crippen LogP contribution in [0, 0.1) is 5.82 Å². The number of hydrogen-bond acceptors (Lipinski definition) is 5. The number of thiophene rings is 1. The number of imide groups is 2. The lowest BCUT2D eigenvalue weighted by molar-refractivity contribution is -0.145. The first kappa shape index (κ1) is 22.1. The maximum absolute atomic E-state index is 13.3. The molecule has 1 aliphatic carbocycles. The first-order chi connectivity index (χ1) is 15.4. The Hall–Kier alpha value is -3.07. The Bertz CT molecular complexity index is 1000. The van der Waals surface area contributed by atoms with Crippen LogP contribution in [0.3, 0.4) is 0 Å². The summed E-state index contributed by atoms with van der Waals surface area (Å²) in [4.78, 5) is 55.0. The first-order valence-electron chi connectivity index (χ1n) is 10.7. The summed E-state index contributed by atoms with van der Waals surface area (Å²) in [5.74, 6) is -2.65. The van der Waals surface area contributed by atoms with Crippen LogP contribution in [0.5, 0.6) is 0 Å². The summed E-state index contributed by atoms with van der Waals surface area (Å²) in [6.45, 7) is -0.220. The number of rotatable bonds is 7. The largest absolute Gasteiger partial charge is 0.335 e. The maximum Gasteiger partial charge on any atom is 0.335 e. The number of amides is 5. The van der Waals surface area contributed by atoms with Gasteiger partial charge < -0.3 is 4.90 Å². The summed E-state index contributed by atoms with van der Waals surface area (Å²) in [5, 5.41) is 1.82. The van der Waals surface area contributed by atoms with Crippen LogP contribution in [-0.4, -0.2) is 51.0 Å². The van der Waals surface area contributed by atoms with Gasteiger partial charge in [-0.1, -0.05) is 37.5 Å². The molecule has 2 fully saturated rings. The van der Waals surface area contributed by atoms with Crippen LogP contribution in [0.2, 0.25) is 0 Å². The minimum Gasteiger partial charge on any atom is -0.334 e. The number of urea groups is 1. The fourth-order valence-electron chi connectivity index (χ4n) is 4.21. The zero-order chi connectivity index (χ0) is 22.7. The molecule has 0 atom stereocenters. The summed E-state index contributed by atoms with van der Waals surface area (Å²) in [5.41, 5.74) is 0.764. The van der Waals surface area contributed by atoms with Gasteiger partial charge in [0.1, 0.15) is 12.4 Å². The molecule has 1 saturated carbocycles. The number of benzene rings is 1. The molecule has 5 amide bonds. The van der Waals surface area contributed by atoms with E-state index in [1.54, 1.807) is 29.2 Å². The number of carbonyl (C=O) groups excluding carboxylic acids is 4. The highest BCUT2D eigenvalue weighted by atomic mass is 32.1. The third kappa shape index (κ3) is 4.72. The molecular weight excluding hydrogens is 433 g/mol. The van der Waals surface area contributed by atoms with Gasteiger partial charge in [0.2, 0.25) is 5.91 Å². The molecule has 0 radical (unpaired) electrons. The topological polar surface area (TPSA) is 78.0 Å². The van der Waals surface area contributed by atoms with Crippen LogP contribution in [0.25, 0.3) is 0 Å². The maximum atomic E-state index is 13.3. The van der Waals surface area contributed by atoms with E-state index in [2.05, 4.69) is 0 Å². The van der Waals surface area contributed by atoms with Crippen molar-refractivity contribution < 1.29 is 23.6 Å². The van der Waals surface area contributed by atoms with E-state index in [9.17, 15) is 23.6 Å². The molecule has 1 aliphatic heterocycles. The van der Waals surface area contributed by atoms with Crippen molar-refractivity contribution in [2.45, 2.75) is 51.2 Å². The minimum absolute atomic E-state index is 0.00762. The Kier molecular flexibility index (Phi) is 6.64. The summed E-state index contributed by atoms with van der Waals surface area (Å²) in [6.07, 6.45) is 4.75. The molecule has 0 unspecified atom stereocenters. The second-order valence-electron chi connectivity index (χ2n) is 8.08. The fourth-order valence-corrected chi connectivity index (χ4v) is 4.91. The van der Waals surface area contributed by atoms with Crippen LogP contribution in [0.4, 0.5) is 9.18 Å². The second-order valence-corrected chi connectivity index (χ2v) is 9.12. The van der Waals surface area contributed by atoms with Gasteiger partial charge in [0.25, 0.3) is 0 Å². The Morgan fingerprint density at radius 3 is 2.34 bits per heavy atom. The van der Waals surface area contributed by atoms with Crippen molar-refractivity contribution in [2.24, 2.45) is 0 Å². The highest BCUT2D eigenvalue weighted by molar-refractivity contribution is 7.09. The van der Waals surface area contributed by atoms with Crippen molar-refractivity contribution in [3.63, 3.8) is 0 Å². The van der Waals surface area contributed by atoms with Crippen LogP contribution in [-0.2, 0) is 27.5 Å². The number of halogens is 1. The van der Waals surface area contributed by atoms with E-state index in [4.69, 9.17) is 0 Å². The van der Waals surface area contributed by atoms with Crippen LogP contribution >= 0.6 is 11.3 Å². The SMILES string of the molecule is O=C1C(=O)N(Cc2cccs2)C(=O)N1CC(=O)N(Cc1ccc(F)cc1)C1CCCCC1. The summed E-state index contributed by atoms with van der Waals surface area (Å²) >= 11 is 1.38. The summed E-state index contributed by atoms with van der Waals surface area (Å²) < 4.78 is 13.3. The van der Waals surface area contributed by atoms with Crippen LogP contribution in [0.1, 0.15) is 42.5 Å². The van der Waals surface area contributed by atoms with E-state index in [1.165, 1.54) is 23.5 Å². The van der Waals surface area contributed by atoms with E-state index in [1.807, 2.05) is 5.38 Å². The first-order valence-corrected chi connectivity index (χ1v) is 11.6. The van der Waals surface area contributed by atoms with Gasteiger partial charge in [-0.3, -0.25) is 19.3 Å². The molecule has 1 aromatic heterocycles. The normalized spacial score (nSPS) is 17.3. The van der Waals surface area contributed by atoms with Gasteiger partial charge in [0.15, 0.2) is 0 Å². The molecular formula is C23H24FN3O4S. The van der Waals surface area contributed by atoms with Crippen molar-refractivity contribution in [3.8, 4) is 0 Å². The Morgan fingerprint density at radius 1 is 1.00 bits per heavy atom. The number of nitrogens with zero attached hydrogens (tertiary/aromatic N) is 3. The number of hydrogen-bond donors (Lipinski definition) is 0. The molecule has 0 spiro atoms. The molecule has 0 bridgehead atoms. The lowest BCUT2D eigenvalue weighted by atomic mass is 9.93. The highest BCUT2D eigenvalue weighted by Gasteiger charge is 2.46. The van der Waals surface area contributed by atoms with Gasteiger partial charge in [-0.2, -0.15) is 0 Å². The van der Waals surface area contributed by atoms with Gasteiger partial charge in [-0.05, 0) is 42.0 Å². The predicted octanol–water partition coefficient (Wildman–Crippen LogP) is 3.54. The molecule has 2 aliphatic rings. The van der Waals surface area contributed by atoms with Crippen molar-refractivity contribution in [2.75, 3.05) is 6.54 Å². The van der Waals surface area contributed by atoms with Crippen LogP contribution < -0.4 is 0 Å². The molecule has 4 rings (SSSR count). The van der Waals surface area contributed by atoms with Crippen molar-refractivity contribution in [1.82, 2.24) is 14.7 Å². The molecule has 32 heavy (non-hydrogen) atoms. The average molecular weight is 458 g/mol. The fraction of sp³-hybridized carbons (Fsp3) is 0.391. The molecule has 2 heterocycles. The molecule has 168 valence electrons. The monoisotopic (exact) mass is 457 g/mol. The van der Waals surface area contributed by atoms with Crippen LogP contribution in [0.15, 0.2) is 41.8 Å². The Labute approximate surface area is 189 Å². The van der Waals surface area contributed by atoms with Gasteiger partial charge in [0.05, 0.1) is 6.54 Å². The zero-order valence-corrected chi connectivity index (χ0v) is 18.4. The minimum atomic E-state index is -0.981. The van der Waals surface area contributed by atoms with Gasteiger partial charge in [-0.15, -0.1) is 11.3 Å². The predicted molar refractivity (Wildman–Crippen MR) is 116 cm³/mol. The summed E-state index contributed by atoms with van der Waals surface area (Å²) in [7, 11) is 0. The standard InChI is InChI=1S/C23H24FN3O4S/c24-17-10-8-16(9-11-17)13-25(18-5-2-1-3-6-18)20(28)15-27-22(30)21(29)26(23(27)31)14-19-7-4-12-32-19/h4,7-12,18H,1-3,5-6,13-15H2.